The van der Waals surface area contributed by atoms with Gasteiger partial charge in [-0.2, -0.15) is 0 Å². The number of ketones is 1. The number of carbonyl (C=O) groups is 1. The number of para-hydroxylation sites is 1. The first-order valence-electron chi connectivity index (χ1n) is 6.66. The molecule has 0 aliphatic heterocycles. The zero-order valence-electron chi connectivity index (χ0n) is 11.6. The predicted molar refractivity (Wildman–Crippen MR) is 81.7 cm³/mol. The molecule has 1 unspecified atom stereocenters. The average molecular weight is 289 g/mol. The quantitative estimate of drug-likeness (QED) is 0.754. The number of benzene rings is 2. The van der Waals surface area contributed by atoms with E-state index in [1.807, 2.05) is 24.3 Å². The number of halogens is 1. The van der Waals surface area contributed by atoms with Crippen molar-refractivity contribution in [3.63, 3.8) is 0 Å². The summed E-state index contributed by atoms with van der Waals surface area (Å²) in [6.45, 7) is 3.82. The molecular formula is C17H17ClO2. The first kappa shape index (κ1) is 14.6. The molecule has 0 N–H and O–H groups in total. The lowest BCUT2D eigenvalue weighted by atomic mass is 10.1. The van der Waals surface area contributed by atoms with E-state index in [4.69, 9.17) is 16.3 Å². The maximum absolute atomic E-state index is 12.3. The molecule has 2 aromatic rings. The fourth-order valence-electron chi connectivity index (χ4n) is 2.03. The summed E-state index contributed by atoms with van der Waals surface area (Å²) in [5, 5.41) is 0.553. The van der Waals surface area contributed by atoms with Gasteiger partial charge in [0.2, 0.25) is 5.78 Å². The first-order valence-corrected chi connectivity index (χ1v) is 7.04. The van der Waals surface area contributed by atoms with Crippen molar-refractivity contribution in [2.24, 2.45) is 0 Å². The molecule has 0 aliphatic rings. The van der Waals surface area contributed by atoms with Crippen molar-refractivity contribution < 1.29 is 9.53 Å². The maximum Gasteiger partial charge on any atom is 0.203 e. The molecule has 0 fully saturated rings. The molecular weight excluding hydrogens is 272 g/mol. The Bertz CT molecular complexity index is 607. The third-order valence-corrected chi connectivity index (χ3v) is 3.37. The second-order valence-corrected chi connectivity index (χ2v) is 5.03. The van der Waals surface area contributed by atoms with E-state index in [0.717, 1.165) is 17.7 Å². The second-order valence-electron chi connectivity index (χ2n) is 4.60. The molecule has 0 amide bonds. The summed E-state index contributed by atoms with van der Waals surface area (Å²) in [5.41, 5.74) is 1.66. The lowest BCUT2D eigenvalue weighted by Gasteiger charge is -2.16. The summed E-state index contributed by atoms with van der Waals surface area (Å²) in [6.07, 6.45) is 0.329. The highest BCUT2D eigenvalue weighted by Crippen LogP contribution is 2.21. The van der Waals surface area contributed by atoms with Gasteiger partial charge in [0, 0.05) is 10.6 Å². The summed E-state index contributed by atoms with van der Waals surface area (Å²) in [4.78, 5) is 12.3. The van der Waals surface area contributed by atoms with Crippen LogP contribution in [0.4, 0.5) is 0 Å². The number of carbonyl (C=O) groups excluding carboxylic acids is 1. The number of Topliss-reactive ketones (excluding diaryl/α,β-unsaturated/α-hetero) is 1. The third-order valence-electron chi connectivity index (χ3n) is 3.14. The van der Waals surface area contributed by atoms with Crippen LogP contribution in [0.5, 0.6) is 5.75 Å². The van der Waals surface area contributed by atoms with Crippen LogP contribution in [0.1, 0.15) is 29.8 Å². The van der Waals surface area contributed by atoms with Gasteiger partial charge in [0.25, 0.3) is 0 Å². The van der Waals surface area contributed by atoms with Crippen molar-refractivity contribution in [3.8, 4) is 5.75 Å². The van der Waals surface area contributed by atoms with Crippen LogP contribution in [0.25, 0.3) is 0 Å². The zero-order chi connectivity index (χ0) is 14.5. The van der Waals surface area contributed by atoms with Crippen LogP contribution in [-0.4, -0.2) is 11.9 Å². The molecule has 2 rings (SSSR count). The van der Waals surface area contributed by atoms with Crippen LogP contribution in [0, 0.1) is 0 Å². The van der Waals surface area contributed by atoms with Crippen LogP contribution >= 0.6 is 11.6 Å². The van der Waals surface area contributed by atoms with Crippen LogP contribution in [0.15, 0.2) is 48.5 Å². The Kier molecular flexibility index (Phi) is 4.80. The van der Waals surface area contributed by atoms with E-state index in [0.29, 0.717) is 10.6 Å². The van der Waals surface area contributed by atoms with Crippen molar-refractivity contribution in [1.29, 1.82) is 0 Å². The van der Waals surface area contributed by atoms with Crippen molar-refractivity contribution >= 4 is 17.4 Å². The van der Waals surface area contributed by atoms with Crippen LogP contribution in [-0.2, 0) is 6.42 Å². The highest BCUT2D eigenvalue weighted by Gasteiger charge is 2.18. The fraction of sp³-hybridized carbons (Fsp3) is 0.235. The minimum Gasteiger partial charge on any atom is -0.482 e. The SMILES string of the molecule is CCc1ccccc1OC(C)C(=O)c1cccc(Cl)c1. The van der Waals surface area contributed by atoms with Gasteiger partial charge in [-0.25, -0.2) is 0 Å². The highest BCUT2D eigenvalue weighted by atomic mass is 35.5. The molecule has 20 heavy (non-hydrogen) atoms. The molecule has 2 aromatic carbocycles. The second kappa shape index (κ2) is 6.58. The van der Waals surface area contributed by atoms with Crippen molar-refractivity contribution in [3.05, 3.63) is 64.7 Å². The Balaban J connectivity index is 2.15. The van der Waals surface area contributed by atoms with E-state index in [-0.39, 0.29) is 5.78 Å². The van der Waals surface area contributed by atoms with E-state index >= 15 is 0 Å². The first-order chi connectivity index (χ1) is 9.61. The minimum absolute atomic E-state index is 0.0709. The van der Waals surface area contributed by atoms with Crippen molar-refractivity contribution in [2.45, 2.75) is 26.4 Å². The number of hydrogen-bond acceptors (Lipinski definition) is 2. The van der Waals surface area contributed by atoms with E-state index in [2.05, 4.69) is 6.92 Å². The number of aryl methyl sites for hydroxylation is 1. The van der Waals surface area contributed by atoms with E-state index in [1.165, 1.54) is 0 Å². The van der Waals surface area contributed by atoms with Crippen LogP contribution in [0.2, 0.25) is 5.02 Å². The Hall–Kier alpha value is -1.80. The molecule has 0 saturated heterocycles. The molecule has 0 heterocycles. The summed E-state index contributed by atoms with van der Waals surface area (Å²) in [6, 6.07) is 14.7. The molecule has 3 heteroatoms. The summed E-state index contributed by atoms with van der Waals surface area (Å²) < 4.78 is 5.80. The lowest BCUT2D eigenvalue weighted by molar-refractivity contribution is 0.0817. The molecule has 0 bridgehead atoms. The zero-order valence-corrected chi connectivity index (χ0v) is 12.4. The van der Waals surface area contributed by atoms with Gasteiger partial charge in [-0.15, -0.1) is 0 Å². The van der Waals surface area contributed by atoms with Gasteiger partial charge in [0.1, 0.15) is 5.75 Å². The molecule has 2 nitrogen and oxygen atoms in total. The Morgan fingerprint density at radius 3 is 2.65 bits per heavy atom. The van der Waals surface area contributed by atoms with Crippen LogP contribution < -0.4 is 4.74 Å². The summed E-state index contributed by atoms with van der Waals surface area (Å²) in [5.74, 6) is 0.691. The van der Waals surface area contributed by atoms with E-state index in [1.54, 1.807) is 31.2 Å². The predicted octanol–water partition coefficient (Wildman–Crippen LogP) is 4.55. The van der Waals surface area contributed by atoms with E-state index in [9.17, 15) is 4.79 Å². The number of rotatable bonds is 5. The molecule has 104 valence electrons. The van der Waals surface area contributed by atoms with Gasteiger partial charge in [0.05, 0.1) is 0 Å². The molecule has 0 aliphatic carbocycles. The van der Waals surface area contributed by atoms with Crippen molar-refractivity contribution in [2.75, 3.05) is 0 Å². The van der Waals surface area contributed by atoms with Gasteiger partial charge in [0.15, 0.2) is 6.10 Å². The average Bonchev–Trinajstić information content (AvgIpc) is 2.47. The van der Waals surface area contributed by atoms with E-state index < -0.39 is 6.10 Å². The monoisotopic (exact) mass is 288 g/mol. The molecule has 0 aromatic heterocycles. The Morgan fingerprint density at radius 2 is 1.95 bits per heavy atom. The van der Waals surface area contributed by atoms with Crippen LogP contribution in [0.3, 0.4) is 0 Å². The van der Waals surface area contributed by atoms with Gasteiger partial charge < -0.3 is 4.74 Å². The third kappa shape index (κ3) is 3.40. The highest BCUT2D eigenvalue weighted by molar-refractivity contribution is 6.31. The van der Waals surface area contributed by atoms with Gasteiger partial charge in [-0.3, -0.25) is 4.79 Å². The Morgan fingerprint density at radius 1 is 1.20 bits per heavy atom. The topological polar surface area (TPSA) is 26.3 Å². The standard InChI is InChI=1S/C17H17ClO2/c1-3-13-7-4-5-10-16(13)20-12(2)17(19)14-8-6-9-15(18)11-14/h4-12H,3H2,1-2H3. The van der Waals surface area contributed by atoms with Crippen molar-refractivity contribution in [1.82, 2.24) is 0 Å². The molecule has 1 atom stereocenters. The minimum atomic E-state index is -0.541. The smallest absolute Gasteiger partial charge is 0.203 e. The number of ether oxygens (including phenoxy) is 1. The normalized spacial score (nSPS) is 11.9. The Labute approximate surface area is 124 Å². The maximum atomic E-state index is 12.3. The molecule has 0 saturated carbocycles. The van der Waals surface area contributed by atoms with Gasteiger partial charge >= 0.3 is 0 Å². The molecule has 0 spiro atoms. The van der Waals surface area contributed by atoms with Gasteiger partial charge in [-0.05, 0) is 37.1 Å². The number of hydrogen-bond donors (Lipinski definition) is 0. The summed E-state index contributed by atoms with van der Waals surface area (Å²) >= 11 is 5.91. The fourth-order valence-corrected chi connectivity index (χ4v) is 2.22. The molecule has 0 radical (unpaired) electrons. The largest absolute Gasteiger partial charge is 0.482 e. The lowest BCUT2D eigenvalue weighted by Crippen LogP contribution is -2.24. The van der Waals surface area contributed by atoms with Gasteiger partial charge in [-0.1, -0.05) is 48.9 Å². The summed E-state index contributed by atoms with van der Waals surface area (Å²) in [7, 11) is 0.